The Kier molecular flexibility index (Phi) is 0.902. The Labute approximate surface area is 51.3 Å². The molecule has 0 aliphatic heterocycles. The fraction of sp³-hybridized carbons (Fsp3) is 1.00. The van der Waals surface area contributed by atoms with Crippen LogP contribution in [0.4, 0.5) is 0 Å². The van der Waals surface area contributed by atoms with Crippen LogP contribution in [0.25, 0.3) is 0 Å². The van der Waals surface area contributed by atoms with Crippen LogP contribution in [0.1, 0.15) is 32.6 Å². The van der Waals surface area contributed by atoms with Gasteiger partial charge in [-0.25, -0.2) is 0 Å². The molecule has 0 aromatic rings. The standard InChI is InChI=1S/C8H14/c1-6-4-7-2-3-8(6)5-7/h6-8H,2-5H2,1H3/t6?,7-,8?/m0/s1. The molecular formula is C8H14. The van der Waals surface area contributed by atoms with E-state index in [1.54, 1.807) is 25.7 Å². The predicted molar refractivity (Wildman–Crippen MR) is 34.6 cm³/mol. The minimum Gasteiger partial charge on any atom is -0.0622 e. The van der Waals surface area contributed by atoms with Crippen molar-refractivity contribution < 1.29 is 0 Å². The smallest absolute Gasteiger partial charge is 0.0386 e. The summed E-state index contributed by atoms with van der Waals surface area (Å²) in [5.41, 5.74) is 0. The first-order valence-electron chi connectivity index (χ1n) is 3.86. The van der Waals surface area contributed by atoms with Gasteiger partial charge in [-0.15, -0.1) is 0 Å². The molecule has 0 spiro atoms. The van der Waals surface area contributed by atoms with Crippen LogP contribution in [-0.2, 0) is 0 Å². The van der Waals surface area contributed by atoms with Crippen LogP contribution in [0.15, 0.2) is 0 Å². The van der Waals surface area contributed by atoms with E-state index in [1.807, 2.05) is 0 Å². The van der Waals surface area contributed by atoms with Crippen molar-refractivity contribution in [2.24, 2.45) is 17.8 Å². The van der Waals surface area contributed by atoms with Crippen LogP contribution in [0.3, 0.4) is 0 Å². The summed E-state index contributed by atoms with van der Waals surface area (Å²) in [6.07, 6.45) is 6.21. The second-order valence-electron chi connectivity index (χ2n) is 3.65. The van der Waals surface area contributed by atoms with Crippen LogP contribution >= 0.6 is 0 Å². The number of rotatable bonds is 0. The second-order valence-corrected chi connectivity index (χ2v) is 3.65. The quantitative estimate of drug-likeness (QED) is 0.449. The highest BCUT2D eigenvalue weighted by atomic mass is 14.4. The molecule has 2 aliphatic carbocycles. The summed E-state index contributed by atoms with van der Waals surface area (Å²) >= 11 is 0. The molecule has 3 atom stereocenters. The van der Waals surface area contributed by atoms with Gasteiger partial charge in [-0.05, 0) is 37.0 Å². The first kappa shape index (κ1) is 4.84. The SMILES string of the molecule is CC1C[C@@H]2CCC1C2. The highest BCUT2D eigenvalue weighted by Gasteiger charge is 2.36. The number of fused-ring (bicyclic) bond motifs is 2. The molecule has 0 amide bonds. The van der Waals surface area contributed by atoms with Crippen LogP contribution in [0.2, 0.25) is 0 Å². The molecule has 0 heteroatoms. The summed E-state index contributed by atoms with van der Waals surface area (Å²) in [4.78, 5) is 0. The third-order valence-corrected chi connectivity index (χ3v) is 3.09. The van der Waals surface area contributed by atoms with Gasteiger partial charge in [0.1, 0.15) is 0 Å². The van der Waals surface area contributed by atoms with Gasteiger partial charge >= 0.3 is 0 Å². The van der Waals surface area contributed by atoms with Gasteiger partial charge in [0.2, 0.25) is 0 Å². The Morgan fingerprint density at radius 1 is 1.12 bits per heavy atom. The van der Waals surface area contributed by atoms with Crippen molar-refractivity contribution in [1.29, 1.82) is 0 Å². The Hall–Kier alpha value is 0. The molecule has 0 heterocycles. The van der Waals surface area contributed by atoms with Gasteiger partial charge in [-0.2, -0.15) is 0 Å². The van der Waals surface area contributed by atoms with Crippen LogP contribution < -0.4 is 0 Å². The Balaban J connectivity index is 2.11. The van der Waals surface area contributed by atoms with E-state index in [4.69, 9.17) is 0 Å². The van der Waals surface area contributed by atoms with Gasteiger partial charge in [0.05, 0.1) is 0 Å². The van der Waals surface area contributed by atoms with Crippen molar-refractivity contribution in [2.45, 2.75) is 32.6 Å². The summed E-state index contributed by atoms with van der Waals surface area (Å²) in [5.74, 6) is 3.36. The van der Waals surface area contributed by atoms with Crippen molar-refractivity contribution >= 4 is 0 Å². The van der Waals surface area contributed by atoms with E-state index in [9.17, 15) is 0 Å². The normalized spacial score (nSPS) is 52.9. The van der Waals surface area contributed by atoms with Crippen LogP contribution in [-0.4, -0.2) is 0 Å². The molecule has 0 saturated heterocycles. The zero-order valence-corrected chi connectivity index (χ0v) is 5.56. The molecule has 0 aromatic carbocycles. The maximum absolute atomic E-state index is 2.42. The number of hydrogen-bond acceptors (Lipinski definition) is 0. The van der Waals surface area contributed by atoms with Crippen molar-refractivity contribution in [3.8, 4) is 0 Å². The third kappa shape index (κ3) is 0.519. The lowest BCUT2D eigenvalue weighted by molar-refractivity contribution is 0.360. The fourth-order valence-electron chi connectivity index (χ4n) is 2.56. The second kappa shape index (κ2) is 1.49. The van der Waals surface area contributed by atoms with E-state index >= 15 is 0 Å². The van der Waals surface area contributed by atoms with Gasteiger partial charge in [-0.1, -0.05) is 13.3 Å². The minimum absolute atomic E-state index is 1.08. The molecule has 0 nitrogen and oxygen atoms in total. The van der Waals surface area contributed by atoms with E-state index in [-0.39, 0.29) is 0 Å². The first-order valence-corrected chi connectivity index (χ1v) is 3.86. The molecule has 2 saturated carbocycles. The summed E-state index contributed by atoms with van der Waals surface area (Å²) in [6, 6.07) is 0. The van der Waals surface area contributed by atoms with Gasteiger partial charge in [-0.3, -0.25) is 0 Å². The zero-order valence-electron chi connectivity index (χ0n) is 5.56. The van der Waals surface area contributed by atoms with Crippen molar-refractivity contribution in [3.05, 3.63) is 0 Å². The lowest BCUT2D eigenvalue weighted by atomic mass is 9.91. The van der Waals surface area contributed by atoms with Crippen molar-refractivity contribution in [1.82, 2.24) is 0 Å². The predicted octanol–water partition coefficient (Wildman–Crippen LogP) is 2.44. The van der Waals surface area contributed by atoms with Gasteiger partial charge in [0.25, 0.3) is 0 Å². The first-order chi connectivity index (χ1) is 3.86. The van der Waals surface area contributed by atoms with Crippen LogP contribution in [0.5, 0.6) is 0 Å². The Morgan fingerprint density at radius 3 is 2.25 bits per heavy atom. The molecule has 8 heavy (non-hydrogen) atoms. The molecular weight excluding hydrogens is 96.1 g/mol. The van der Waals surface area contributed by atoms with Crippen molar-refractivity contribution in [2.75, 3.05) is 0 Å². The fourth-order valence-corrected chi connectivity index (χ4v) is 2.56. The topological polar surface area (TPSA) is 0 Å². The summed E-state index contributed by atoms with van der Waals surface area (Å²) < 4.78 is 0. The van der Waals surface area contributed by atoms with Gasteiger partial charge < -0.3 is 0 Å². The Bertz CT molecular complexity index is 94.2. The minimum atomic E-state index is 1.08. The summed E-state index contributed by atoms with van der Waals surface area (Å²) in [6.45, 7) is 2.42. The average molecular weight is 110 g/mol. The zero-order chi connectivity index (χ0) is 5.56. The van der Waals surface area contributed by atoms with Gasteiger partial charge in [0, 0.05) is 0 Å². The molecule has 2 rings (SSSR count). The van der Waals surface area contributed by atoms with E-state index in [2.05, 4.69) is 6.92 Å². The molecule has 2 fully saturated rings. The lowest BCUT2D eigenvalue weighted by Gasteiger charge is -2.15. The average Bonchev–Trinajstić information content (AvgIpc) is 2.23. The van der Waals surface area contributed by atoms with E-state index in [1.165, 1.54) is 0 Å². The molecule has 0 radical (unpaired) electrons. The van der Waals surface area contributed by atoms with E-state index in [0.717, 1.165) is 17.8 Å². The van der Waals surface area contributed by atoms with E-state index < -0.39 is 0 Å². The third-order valence-electron chi connectivity index (χ3n) is 3.09. The van der Waals surface area contributed by atoms with Gasteiger partial charge in [0.15, 0.2) is 0 Å². The maximum Gasteiger partial charge on any atom is -0.0386 e. The largest absolute Gasteiger partial charge is 0.0622 e. The van der Waals surface area contributed by atoms with Crippen molar-refractivity contribution in [3.63, 3.8) is 0 Å². The highest BCUT2D eigenvalue weighted by molar-refractivity contribution is 4.87. The van der Waals surface area contributed by atoms with Crippen LogP contribution in [0, 0.1) is 17.8 Å². The molecule has 2 aliphatic rings. The Morgan fingerprint density at radius 2 is 2.00 bits per heavy atom. The monoisotopic (exact) mass is 110 g/mol. The molecule has 2 unspecified atom stereocenters. The highest BCUT2D eigenvalue weighted by Crippen LogP contribution is 2.47. The summed E-state index contributed by atoms with van der Waals surface area (Å²) in [5, 5.41) is 0. The number of hydrogen-bond donors (Lipinski definition) is 0. The molecule has 0 aromatic heterocycles. The molecule has 46 valence electrons. The summed E-state index contributed by atoms with van der Waals surface area (Å²) in [7, 11) is 0. The maximum atomic E-state index is 2.42. The molecule has 0 N–H and O–H groups in total. The lowest BCUT2D eigenvalue weighted by Crippen LogP contribution is -2.04. The van der Waals surface area contributed by atoms with E-state index in [0.29, 0.717) is 0 Å². The molecule has 2 bridgehead atoms.